The summed E-state index contributed by atoms with van der Waals surface area (Å²) in [6, 6.07) is 19.0. The van der Waals surface area contributed by atoms with Crippen LogP contribution in [0.5, 0.6) is 5.75 Å². The zero-order valence-corrected chi connectivity index (χ0v) is 18.4. The van der Waals surface area contributed by atoms with Crippen molar-refractivity contribution < 1.29 is 22.7 Å². The molecule has 0 aromatic heterocycles. The summed E-state index contributed by atoms with van der Waals surface area (Å²) in [4.78, 5) is 24.6. The number of aryl methyl sites for hydroxylation is 1. The molecule has 0 heterocycles. The lowest BCUT2D eigenvalue weighted by molar-refractivity contribution is 0.0846. The molecule has 0 fully saturated rings. The van der Waals surface area contributed by atoms with E-state index in [1.54, 1.807) is 36.4 Å². The molecule has 0 radical (unpaired) electrons. The highest BCUT2D eigenvalue weighted by molar-refractivity contribution is 7.92. The van der Waals surface area contributed by atoms with E-state index in [0.717, 1.165) is 12.0 Å². The molecular formula is C23H23N3O5S. The highest BCUT2D eigenvalue weighted by Gasteiger charge is 2.18. The minimum Gasteiger partial charge on any atom is -0.495 e. The predicted octanol–water partition coefficient (Wildman–Crippen LogP) is 3.13. The first-order valence-corrected chi connectivity index (χ1v) is 11.3. The first kappa shape index (κ1) is 22.8. The molecule has 0 aliphatic carbocycles. The largest absolute Gasteiger partial charge is 0.495 e. The number of hydrogen-bond acceptors (Lipinski definition) is 5. The normalized spacial score (nSPS) is 10.8. The third kappa shape index (κ3) is 5.44. The summed E-state index contributed by atoms with van der Waals surface area (Å²) >= 11 is 0. The van der Waals surface area contributed by atoms with Gasteiger partial charge in [0.1, 0.15) is 5.75 Å². The zero-order valence-electron chi connectivity index (χ0n) is 17.6. The Labute approximate surface area is 186 Å². The summed E-state index contributed by atoms with van der Waals surface area (Å²) in [7, 11) is -2.55. The van der Waals surface area contributed by atoms with Gasteiger partial charge in [0.25, 0.3) is 21.8 Å². The summed E-state index contributed by atoms with van der Waals surface area (Å²) in [5.74, 6) is -0.778. The van der Waals surface area contributed by atoms with Crippen LogP contribution >= 0.6 is 0 Å². The Morgan fingerprint density at radius 3 is 2.16 bits per heavy atom. The van der Waals surface area contributed by atoms with Gasteiger partial charge in [-0.1, -0.05) is 37.3 Å². The van der Waals surface area contributed by atoms with Crippen LogP contribution in [0, 0.1) is 0 Å². The van der Waals surface area contributed by atoms with E-state index in [4.69, 9.17) is 4.74 Å². The standard InChI is InChI=1S/C23H23N3O5S/c1-3-16-11-13-17(14-12-16)22(27)24-25-23(28)18-7-6-8-19(15-18)32(29,30)26-20-9-4-5-10-21(20)31-2/h4-15,26H,3H2,1-2H3,(H,24,27)(H,25,28). The Balaban J connectivity index is 1.70. The van der Waals surface area contributed by atoms with E-state index in [-0.39, 0.29) is 16.1 Å². The molecule has 0 aliphatic heterocycles. The highest BCUT2D eigenvalue weighted by Crippen LogP contribution is 2.26. The van der Waals surface area contributed by atoms with Crippen LogP contribution in [-0.2, 0) is 16.4 Å². The number of sulfonamides is 1. The third-order valence-electron chi connectivity index (χ3n) is 4.67. The second kappa shape index (κ2) is 9.97. The second-order valence-corrected chi connectivity index (χ2v) is 8.47. The van der Waals surface area contributed by atoms with Gasteiger partial charge in [-0.3, -0.25) is 25.2 Å². The van der Waals surface area contributed by atoms with Crippen molar-refractivity contribution in [3.05, 3.63) is 89.5 Å². The predicted molar refractivity (Wildman–Crippen MR) is 121 cm³/mol. The highest BCUT2D eigenvalue weighted by atomic mass is 32.2. The van der Waals surface area contributed by atoms with Crippen molar-refractivity contribution in [3.8, 4) is 5.75 Å². The fourth-order valence-electron chi connectivity index (χ4n) is 2.89. The summed E-state index contributed by atoms with van der Waals surface area (Å²) in [6.45, 7) is 2.01. The van der Waals surface area contributed by atoms with Gasteiger partial charge in [0.2, 0.25) is 0 Å². The molecule has 3 aromatic carbocycles. The molecule has 0 bridgehead atoms. The topological polar surface area (TPSA) is 114 Å². The Morgan fingerprint density at radius 1 is 0.844 bits per heavy atom. The molecule has 166 valence electrons. The lowest BCUT2D eigenvalue weighted by Crippen LogP contribution is -2.41. The van der Waals surface area contributed by atoms with E-state index in [9.17, 15) is 18.0 Å². The summed E-state index contributed by atoms with van der Waals surface area (Å²) in [5.41, 5.74) is 6.44. The summed E-state index contributed by atoms with van der Waals surface area (Å²) in [6.07, 6.45) is 0.851. The monoisotopic (exact) mass is 453 g/mol. The third-order valence-corrected chi connectivity index (χ3v) is 6.03. The number of amides is 2. The van der Waals surface area contributed by atoms with Crippen LogP contribution in [0.2, 0.25) is 0 Å². The Bertz CT molecular complexity index is 1220. The van der Waals surface area contributed by atoms with Gasteiger partial charge in [0.05, 0.1) is 17.7 Å². The molecule has 3 aromatic rings. The number of anilines is 1. The minimum atomic E-state index is -3.98. The lowest BCUT2D eigenvalue weighted by Gasteiger charge is -2.12. The van der Waals surface area contributed by atoms with Gasteiger partial charge in [-0.2, -0.15) is 0 Å². The Kier molecular flexibility index (Phi) is 7.11. The number of nitrogens with one attached hydrogen (secondary N) is 3. The first-order valence-electron chi connectivity index (χ1n) is 9.79. The Hall–Kier alpha value is -3.85. The number of methoxy groups -OCH3 is 1. The molecular weight excluding hydrogens is 430 g/mol. The summed E-state index contributed by atoms with van der Waals surface area (Å²) in [5, 5.41) is 0. The zero-order chi connectivity index (χ0) is 23.1. The van der Waals surface area contributed by atoms with Crippen molar-refractivity contribution in [1.82, 2.24) is 10.9 Å². The number of rotatable bonds is 7. The van der Waals surface area contributed by atoms with E-state index in [1.807, 2.05) is 19.1 Å². The molecule has 0 saturated heterocycles. The number of carbonyl (C=O) groups is 2. The minimum absolute atomic E-state index is 0.0644. The first-order chi connectivity index (χ1) is 15.3. The van der Waals surface area contributed by atoms with Crippen LogP contribution in [0.15, 0.2) is 77.7 Å². The fraction of sp³-hybridized carbons (Fsp3) is 0.130. The number of para-hydroxylation sites is 2. The van der Waals surface area contributed by atoms with E-state index < -0.39 is 21.8 Å². The van der Waals surface area contributed by atoms with Gasteiger partial charge < -0.3 is 4.74 Å². The van der Waals surface area contributed by atoms with Gasteiger partial charge in [0, 0.05) is 11.1 Å². The number of ether oxygens (including phenoxy) is 1. The molecule has 2 amide bonds. The average Bonchev–Trinajstić information content (AvgIpc) is 2.82. The molecule has 0 aliphatic rings. The van der Waals surface area contributed by atoms with Crippen LogP contribution in [0.1, 0.15) is 33.2 Å². The van der Waals surface area contributed by atoms with Gasteiger partial charge in [0.15, 0.2) is 0 Å². The van der Waals surface area contributed by atoms with Crippen molar-refractivity contribution in [2.45, 2.75) is 18.2 Å². The van der Waals surface area contributed by atoms with Crippen molar-refractivity contribution in [3.63, 3.8) is 0 Å². The van der Waals surface area contributed by atoms with Crippen LogP contribution in [0.25, 0.3) is 0 Å². The average molecular weight is 454 g/mol. The molecule has 0 saturated carbocycles. The molecule has 0 spiro atoms. The van der Waals surface area contributed by atoms with Gasteiger partial charge in [-0.15, -0.1) is 0 Å². The van der Waals surface area contributed by atoms with Gasteiger partial charge >= 0.3 is 0 Å². The van der Waals surface area contributed by atoms with Crippen molar-refractivity contribution in [2.24, 2.45) is 0 Å². The molecule has 3 N–H and O–H groups in total. The molecule has 0 atom stereocenters. The van der Waals surface area contributed by atoms with E-state index in [1.165, 1.54) is 31.4 Å². The van der Waals surface area contributed by atoms with Crippen molar-refractivity contribution >= 4 is 27.5 Å². The van der Waals surface area contributed by atoms with E-state index in [2.05, 4.69) is 15.6 Å². The van der Waals surface area contributed by atoms with Gasteiger partial charge in [-0.05, 0) is 54.4 Å². The summed E-state index contributed by atoms with van der Waals surface area (Å²) < 4.78 is 33.2. The molecule has 8 nitrogen and oxygen atoms in total. The number of hydrogen-bond donors (Lipinski definition) is 3. The number of hydrazine groups is 1. The maximum absolute atomic E-state index is 12.8. The maximum atomic E-state index is 12.8. The fourth-order valence-corrected chi connectivity index (χ4v) is 4.00. The van der Waals surface area contributed by atoms with Gasteiger partial charge in [-0.25, -0.2) is 8.42 Å². The SMILES string of the molecule is CCc1ccc(C(=O)NNC(=O)c2cccc(S(=O)(=O)Nc3ccccc3OC)c2)cc1. The number of benzene rings is 3. The van der Waals surface area contributed by atoms with Crippen LogP contribution < -0.4 is 20.3 Å². The quantitative estimate of drug-likeness (QED) is 0.476. The second-order valence-electron chi connectivity index (χ2n) is 6.79. The molecule has 3 rings (SSSR count). The van der Waals surface area contributed by atoms with Crippen molar-refractivity contribution in [2.75, 3.05) is 11.8 Å². The van der Waals surface area contributed by atoms with E-state index >= 15 is 0 Å². The Morgan fingerprint density at radius 2 is 1.50 bits per heavy atom. The molecule has 32 heavy (non-hydrogen) atoms. The lowest BCUT2D eigenvalue weighted by atomic mass is 10.1. The van der Waals surface area contributed by atoms with Crippen LogP contribution in [0.3, 0.4) is 0 Å². The molecule has 0 unspecified atom stereocenters. The smallest absolute Gasteiger partial charge is 0.269 e. The van der Waals surface area contributed by atoms with Crippen molar-refractivity contribution in [1.29, 1.82) is 0 Å². The maximum Gasteiger partial charge on any atom is 0.269 e. The van der Waals surface area contributed by atoms with Crippen LogP contribution in [-0.4, -0.2) is 27.3 Å². The van der Waals surface area contributed by atoms with E-state index in [0.29, 0.717) is 11.3 Å². The van der Waals surface area contributed by atoms with Crippen LogP contribution in [0.4, 0.5) is 5.69 Å². The molecule has 9 heteroatoms. The number of carbonyl (C=O) groups excluding carboxylic acids is 2.